The van der Waals surface area contributed by atoms with Crippen LogP contribution in [0.2, 0.25) is 0 Å². The molecule has 1 aliphatic heterocycles. The largest absolute Gasteiger partial charge is 0.478 e. The van der Waals surface area contributed by atoms with E-state index in [1.165, 1.54) is 73.2 Å². The Morgan fingerprint density at radius 3 is 2.38 bits per heavy atom. The Kier molecular flexibility index (Phi) is 6.58. The van der Waals surface area contributed by atoms with E-state index in [2.05, 4.69) is 40.7 Å². The molecule has 2 N–H and O–H groups in total. The fourth-order valence-electron chi connectivity index (χ4n) is 5.20. The van der Waals surface area contributed by atoms with Gasteiger partial charge in [0.2, 0.25) is 0 Å². The minimum Gasteiger partial charge on any atom is -0.478 e. The first kappa shape index (κ1) is 22.1. The number of hydrogen-bond acceptors (Lipinski definition) is 3. The summed E-state index contributed by atoms with van der Waals surface area (Å²) in [5.41, 5.74) is 10.2. The van der Waals surface area contributed by atoms with E-state index in [4.69, 9.17) is 10.2 Å². The van der Waals surface area contributed by atoms with Gasteiger partial charge in [-0.2, -0.15) is 0 Å². The second-order valence-electron chi connectivity index (χ2n) is 8.78. The van der Waals surface area contributed by atoms with E-state index in [0.29, 0.717) is 12.2 Å². The molecule has 32 heavy (non-hydrogen) atoms. The van der Waals surface area contributed by atoms with Crippen LogP contribution < -0.4 is 0 Å². The summed E-state index contributed by atoms with van der Waals surface area (Å²) in [7, 11) is 0. The molecule has 0 amide bonds. The van der Waals surface area contributed by atoms with Gasteiger partial charge in [-0.05, 0) is 61.3 Å². The zero-order chi connectivity index (χ0) is 22.7. The minimum absolute atomic E-state index is 0.558. The van der Waals surface area contributed by atoms with Crippen LogP contribution in [0.4, 0.5) is 0 Å². The summed E-state index contributed by atoms with van der Waals surface area (Å²) < 4.78 is 2.52. The lowest BCUT2D eigenvalue weighted by Gasteiger charge is -2.26. The van der Waals surface area contributed by atoms with Crippen molar-refractivity contribution in [1.82, 2.24) is 4.57 Å². The third kappa shape index (κ3) is 4.69. The number of aryl methyl sites for hydroxylation is 2. The Morgan fingerprint density at radius 1 is 1.00 bits per heavy atom. The van der Waals surface area contributed by atoms with Crippen LogP contribution in [-0.2, 0) is 29.0 Å². The Bertz CT molecular complexity index is 1070. The molecule has 168 valence electrons. The van der Waals surface area contributed by atoms with Crippen molar-refractivity contribution in [2.75, 3.05) is 6.54 Å². The van der Waals surface area contributed by atoms with Gasteiger partial charge in [0.05, 0.1) is 23.6 Å². The number of hydrogen-bond donors (Lipinski definition) is 2. The van der Waals surface area contributed by atoms with E-state index >= 15 is 0 Å². The Labute approximate surface area is 188 Å². The molecule has 0 spiro atoms. The standard InChI is InChI=1S/C22H26N2.C4H4O4/c1-15-21-14-19-8-7-18-13-17(16-5-3-2-4-6-16)9-10-20(18)22(19)24(21)12-11-23-15;5-3(6)1-2-4(7)8/h9-10,13-14,16H,2-8,11-12H2,1H3;1-2H,(H,5,6)(H,7,8)/b;2-1+. The van der Waals surface area contributed by atoms with Gasteiger partial charge in [0, 0.05) is 24.3 Å². The normalized spacial score (nSPS) is 17.5. The number of carbonyl (C=O) groups is 2. The van der Waals surface area contributed by atoms with Gasteiger partial charge in [-0.1, -0.05) is 37.5 Å². The van der Waals surface area contributed by atoms with Gasteiger partial charge in [-0.25, -0.2) is 9.59 Å². The quantitative estimate of drug-likeness (QED) is 0.677. The molecule has 2 aliphatic carbocycles. The first-order valence-corrected chi connectivity index (χ1v) is 11.4. The van der Waals surface area contributed by atoms with Crippen molar-refractivity contribution in [2.45, 2.75) is 64.3 Å². The zero-order valence-electron chi connectivity index (χ0n) is 18.5. The van der Waals surface area contributed by atoms with Gasteiger partial charge >= 0.3 is 11.9 Å². The highest BCUT2D eigenvalue weighted by atomic mass is 16.4. The highest BCUT2D eigenvalue weighted by Crippen LogP contribution is 2.40. The third-order valence-electron chi connectivity index (χ3n) is 6.71. The summed E-state index contributed by atoms with van der Waals surface area (Å²) in [5.74, 6) is -1.71. The first-order valence-electron chi connectivity index (χ1n) is 11.4. The van der Waals surface area contributed by atoms with Crippen LogP contribution in [0.5, 0.6) is 0 Å². The highest BCUT2D eigenvalue weighted by molar-refractivity contribution is 5.99. The summed E-state index contributed by atoms with van der Waals surface area (Å²) in [5, 5.41) is 15.6. The van der Waals surface area contributed by atoms with E-state index in [-0.39, 0.29) is 0 Å². The maximum absolute atomic E-state index is 9.55. The van der Waals surface area contributed by atoms with Crippen LogP contribution in [0, 0.1) is 0 Å². The van der Waals surface area contributed by atoms with Gasteiger partial charge < -0.3 is 14.8 Å². The van der Waals surface area contributed by atoms with Crippen LogP contribution in [-0.4, -0.2) is 39.0 Å². The van der Waals surface area contributed by atoms with Crippen molar-refractivity contribution in [3.05, 3.63) is 58.8 Å². The zero-order valence-corrected chi connectivity index (χ0v) is 18.5. The highest BCUT2D eigenvalue weighted by Gasteiger charge is 2.26. The SMILES string of the molecule is CC1=NCCn2c1cc1c2-c2ccc(C3CCCCC3)cc2CC1.O=C(O)/C=C/C(=O)O. The molecule has 0 atom stereocenters. The molecule has 6 nitrogen and oxygen atoms in total. The fourth-order valence-corrected chi connectivity index (χ4v) is 5.20. The Hall–Kier alpha value is -3.15. The van der Waals surface area contributed by atoms with Crippen LogP contribution >= 0.6 is 0 Å². The summed E-state index contributed by atoms with van der Waals surface area (Å²) in [6.45, 7) is 4.12. The molecule has 2 heterocycles. The predicted octanol–water partition coefficient (Wildman–Crippen LogP) is 4.84. The molecule has 6 heteroatoms. The third-order valence-corrected chi connectivity index (χ3v) is 6.71. The molecule has 1 saturated carbocycles. The lowest BCUT2D eigenvalue weighted by Crippen LogP contribution is -2.17. The molecule has 0 bridgehead atoms. The van der Waals surface area contributed by atoms with Crippen molar-refractivity contribution in [1.29, 1.82) is 0 Å². The summed E-state index contributed by atoms with van der Waals surface area (Å²) in [4.78, 5) is 23.7. The molecular formula is C26H30N2O4. The Morgan fingerprint density at radius 2 is 1.69 bits per heavy atom. The van der Waals surface area contributed by atoms with E-state index in [0.717, 1.165) is 19.0 Å². The minimum atomic E-state index is -1.26. The summed E-state index contributed by atoms with van der Waals surface area (Å²) in [6.07, 6.45) is 10.5. The average Bonchev–Trinajstić information content (AvgIpc) is 3.19. The van der Waals surface area contributed by atoms with Gasteiger partial charge in [0.15, 0.2) is 0 Å². The van der Waals surface area contributed by atoms with E-state index < -0.39 is 11.9 Å². The van der Waals surface area contributed by atoms with Gasteiger partial charge in [0.1, 0.15) is 0 Å². The van der Waals surface area contributed by atoms with Crippen LogP contribution in [0.25, 0.3) is 11.3 Å². The summed E-state index contributed by atoms with van der Waals surface area (Å²) >= 11 is 0. The van der Waals surface area contributed by atoms with Crippen LogP contribution in [0.15, 0.2) is 41.4 Å². The van der Waals surface area contributed by atoms with Crippen LogP contribution in [0.3, 0.4) is 0 Å². The van der Waals surface area contributed by atoms with Crippen LogP contribution in [0.1, 0.15) is 67.3 Å². The number of benzene rings is 1. The number of aliphatic imine (C=N–C) groups is 1. The van der Waals surface area contributed by atoms with Crippen molar-refractivity contribution in [3.8, 4) is 11.3 Å². The second kappa shape index (κ2) is 9.55. The average molecular weight is 435 g/mol. The maximum atomic E-state index is 9.55. The number of carboxylic acid groups (broad SMARTS) is 2. The van der Waals surface area contributed by atoms with E-state index in [9.17, 15) is 9.59 Å². The van der Waals surface area contributed by atoms with E-state index in [1.807, 2.05) is 0 Å². The topological polar surface area (TPSA) is 91.9 Å². The van der Waals surface area contributed by atoms with E-state index in [1.54, 1.807) is 11.1 Å². The monoisotopic (exact) mass is 434 g/mol. The maximum Gasteiger partial charge on any atom is 0.328 e. The molecule has 0 unspecified atom stereocenters. The smallest absolute Gasteiger partial charge is 0.328 e. The number of rotatable bonds is 3. The van der Waals surface area contributed by atoms with Gasteiger partial charge in [-0.15, -0.1) is 0 Å². The molecule has 0 radical (unpaired) electrons. The molecule has 3 aliphatic rings. The predicted molar refractivity (Wildman–Crippen MR) is 125 cm³/mol. The van der Waals surface area contributed by atoms with Crippen molar-refractivity contribution < 1.29 is 19.8 Å². The van der Waals surface area contributed by atoms with Crippen molar-refractivity contribution >= 4 is 17.7 Å². The number of carboxylic acids is 2. The molecule has 1 fully saturated rings. The molecule has 5 rings (SSSR count). The lowest BCUT2D eigenvalue weighted by molar-refractivity contribution is -0.134. The number of fused-ring (bicyclic) bond motifs is 5. The number of aliphatic carboxylic acids is 2. The molecule has 2 aromatic rings. The molecular weight excluding hydrogens is 404 g/mol. The molecule has 1 aromatic heterocycles. The molecule has 1 aromatic carbocycles. The van der Waals surface area contributed by atoms with Gasteiger partial charge in [-0.3, -0.25) is 4.99 Å². The first-order chi connectivity index (χ1) is 15.4. The number of nitrogens with zero attached hydrogens (tertiary/aromatic N) is 2. The summed E-state index contributed by atoms with van der Waals surface area (Å²) in [6, 6.07) is 9.78. The van der Waals surface area contributed by atoms with Crippen molar-refractivity contribution in [3.63, 3.8) is 0 Å². The fraction of sp³-hybridized carbons (Fsp3) is 0.423. The van der Waals surface area contributed by atoms with Gasteiger partial charge in [0.25, 0.3) is 0 Å². The second-order valence-corrected chi connectivity index (χ2v) is 8.78. The lowest BCUT2D eigenvalue weighted by atomic mass is 9.81. The Balaban J connectivity index is 0.000000265. The molecule has 0 saturated heterocycles. The van der Waals surface area contributed by atoms with Crippen molar-refractivity contribution in [2.24, 2.45) is 4.99 Å². The number of aromatic nitrogens is 1.